The van der Waals surface area contributed by atoms with Gasteiger partial charge in [-0.3, -0.25) is 0 Å². The lowest BCUT2D eigenvalue weighted by molar-refractivity contribution is 0.0780. The van der Waals surface area contributed by atoms with Crippen molar-refractivity contribution < 1.29 is 0 Å². The zero-order valence-corrected chi connectivity index (χ0v) is 28.2. The molecule has 0 saturated heterocycles. The van der Waals surface area contributed by atoms with Crippen molar-refractivity contribution in [2.45, 2.75) is 51.4 Å². The molecule has 240 valence electrons. The number of aromatic nitrogens is 3. The minimum Gasteiger partial charge on any atom is -0.208 e. The van der Waals surface area contributed by atoms with E-state index in [0.29, 0.717) is 28.5 Å². The van der Waals surface area contributed by atoms with Crippen LogP contribution in [-0.2, 0) is 5.41 Å². The molecule has 8 rings (SSSR count). The van der Waals surface area contributed by atoms with Crippen molar-refractivity contribution in [1.29, 1.82) is 5.26 Å². The molecule has 49 heavy (non-hydrogen) atoms. The molecule has 0 spiro atoms. The minimum atomic E-state index is 0.341. The first-order chi connectivity index (χ1) is 23.9. The van der Waals surface area contributed by atoms with Crippen molar-refractivity contribution in [2.24, 2.45) is 17.8 Å². The van der Waals surface area contributed by atoms with Crippen molar-refractivity contribution in [1.82, 2.24) is 15.0 Å². The van der Waals surface area contributed by atoms with Gasteiger partial charge in [-0.25, -0.2) is 15.0 Å². The van der Waals surface area contributed by atoms with Crippen LogP contribution in [0.5, 0.6) is 0 Å². The van der Waals surface area contributed by atoms with Crippen molar-refractivity contribution in [3.05, 3.63) is 139 Å². The van der Waals surface area contributed by atoms with Gasteiger partial charge in [-0.05, 0) is 101 Å². The molecule has 2 saturated carbocycles. The molecule has 0 aliphatic heterocycles. The van der Waals surface area contributed by atoms with E-state index in [2.05, 4.69) is 74.5 Å². The summed E-state index contributed by atoms with van der Waals surface area (Å²) in [6.07, 6.45) is 6.78. The predicted molar refractivity (Wildman–Crippen MR) is 198 cm³/mol. The van der Waals surface area contributed by atoms with E-state index in [1.54, 1.807) is 0 Å². The van der Waals surface area contributed by atoms with E-state index in [0.717, 1.165) is 45.6 Å². The minimum absolute atomic E-state index is 0.341. The first kappa shape index (κ1) is 30.9. The molecule has 1 unspecified atom stereocenters. The highest BCUT2D eigenvalue weighted by Crippen LogP contribution is 2.54. The zero-order chi connectivity index (χ0) is 33.4. The van der Waals surface area contributed by atoms with Gasteiger partial charge in [0.1, 0.15) is 0 Å². The van der Waals surface area contributed by atoms with E-state index in [4.69, 9.17) is 15.0 Å². The number of hydrogen-bond donors (Lipinski definition) is 0. The van der Waals surface area contributed by atoms with E-state index >= 15 is 0 Å². The van der Waals surface area contributed by atoms with Crippen LogP contribution in [-0.4, -0.2) is 15.0 Å². The SMILES string of the molecule is C[C@@H]1C[C@@H]2C[C@H](C)CC(c3ccc(-c4ccc(-c5cc(C#N)cc(-c6nc(-c7ccccc7)nc(-c7ccccc7)n6)c5)cc4)cc3)(C1)C2. The van der Waals surface area contributed by atoms with Crippen LogP contribution in [0.3, 0.4) is 0 Å². The molecular formula is C45H40N4. The second kappa shape index (κ2) is 12.9. The molecule has 4 heteroatoms. The Morgan fingerprint density at radius 1 is 0.510 bits per heavy atom. The van der Waals surface area contributed by atoms with Gasteiger partial charge >= 0.3 is 0 Å². The molecule has 1 aromatic heterocycles. The highest BCUT2D eigenvalue weighted by Gasteiger charge is 2.45. The second-order valence-corrected chi connectivity index (χ2v) is 14.5. The van der Waals surface area contributed by atoms with Gasteiger partial charge in [0.05, 0.1) is 11.6 Å². The summed E-state index contributed by atoms with van der Waals surface area (Å²) in [4.78, 5) is 14.6. The Morgan fingerprint density at radius 2 is 0.959 bits per heavy atom. The first-order valence-corrected chi connectivity index (χ1v) is 17.6. The van der Waals surface area contributed by atoms with Crippen LogP contribution in [0.25, 0.3) is 56.4 Å². The number of nitrogens with zero attached hydrogens (tertiary/aromatic N) is 4. The fourth-order valence-electron chi connectivity index (χ4n) is 8.85. The third-order valence-corrected chi connectivity index (χ3v) is 10.7. The average Bonchev–Trinajstić information content (AvgIpc) is 3.14. The number of fused-ring (bicyclic) bond motifs is 2. The van der Waals surface area contributed by atoms with Crippen LogP contribution < -0.4 is 0 Å². The van der Waals surface area contributed by atoms with Crippen LogP contribution in [0.1, 0.15) is 57.1 Å². The highest BCUT2D eigenvalue weighted by atomic mass is 15.0. The maximum atomic E-state index is 10.0. The van der Waals surface area contributed by atoms with E-state index in [-0.39, 0.29) is 0 Å². The molecule has 0 radical (unpaired) electrons. The first-order valence-electron chi connectivity index (χ1n) is 17.6. The fourth-order valence-corrected chi connectivity index (χ4v) is 8.85. The molecular weight excluding hydrogens is 597 g/mol. The molecule has 0 N–H and O–H groups in total. The fraction of sp³-hybridized carbons (Fsp3) is 0.244. The monoisotopic (exact) mass is 636 g/mol. The smallest absolute Gasteiger partial charge is 0.164 e. The van der Waals surface area contributed by atoms with Crippen LogP contribution in [0.2, 0.25) is 0 Å². The largest absolute Gasteiger partial charge is 0.208 e. The molecule has 2 bridgehead atoms. The van der Waals surface area contributed by atoms with Crippen molar-refractivity contribution in [2.75, 3.05) is 0 Å². The third-order valence-electron chi connectivity index (χ3n) is 10.7. The van der Waals surface area contributed by atoms with Crippen LogP contribution >= 0.6 is 0 Å². The highest BCUT2D eigenvalue weighted by molar-refractivity contribution is 5.76. The lowest BCUT2D eigenvalue weighted by Crippen LogP contribution is -2.42. The summed E-state index contributed by atoms with van der Waals surface area (Å²) in [7, 11) is 0. The summed E-state index contributed by atoms with van der Waals surface area (Å²) >= 11 is 0. The Labute approximate surface area is 289 Å². The number of nitriles is 1. The zero-order valence-electron chi connectivity index (χ0n) is 28.2. The van der Waals surface area contributed by atoms with Gasteiger partial charge < -0.3 is 0 Å². The van der Waals surface area contributed by atoms with Crippen LogP contribution in [0.4, 0.5) is 0 Å². The standard InChI is InChI=1S/C45H40N4/c1-30-21-32-22-31(2)27-45(26-30,28-32)41-19-17-35(18-20-41)34-13-15-36(16-14-34)39-23-33(29-46)24-40(25-39)44-48-42(37-9-5-3-6-10-37)47-43(49-44)38-11-7-4-8-12-38/h3-20,23-25,30-32H,21-22,26-28H2,1-2H3/t30-,31+,32-,45?. The number of rotatable bonds is 6. The summed E-state index contributed by atoms with van der Waals surface area (Å²) in [5, 5.41) is 10.0. The van der Waals surface area contributed by atoms with E-state index < -0.39 is 0 Å². The van der Waals surface area contributed by atoms with E-state index in [1.165, 1.54) is 48.8 Å². The average molecular weight is 637 g/mol. The Kier molecular flexibility index (Phi) is 8.14. The number of benzene rings is 5. The second-order valence-electron chi connectivity index (χ2n) is 14.5. The van der Waals surface area contributed by atoms with E-state index in [9.17, 15) is 5.26 Å². The van der Waals surface area contributed by atoms with Crippen LogP contribution in [0.15, 0.2) is 127 Å². The van der Waals surface area contributed by atoms with Gasteiger partial charge in [0.15, 0.2) is 17.5 Å². The third kappa shape index (κ3) is 6.30. The van der Waals surface area contributed by atoms with Gasteiger partial charge in [-0.1, -0.05) is 123 Å². The Balaban J connectivity index is 1.11. The summed E-state index contributed by atoms with van der Waals surface area (Å²) in [5.41, 5.74) is 9.44. The molecule has 4 nitrogen and oxygen atoms in total. The molecule has 4 atom stereocenters. The van der Waals surface area contributed by atoms with Gasteiger partial charge in [0, 0.05) is 16.7 Å². The number of hydrogen-bond acceptors (Lipinski definition) is 4. The molecule has 2 aliphatic carbocycles. The van der Waals surface area contributed by atoms with Gasteiger partial charge in [-0.2, -0.15) is 5.26 Å². The van der Waals surface area contributed by atoms with Crippen molar-refractivity contribution in [3.63, 3.8) is 0 Å². The summed E-state index contributed by atoms with van der Waals surface area (Å²) in [6, 6.07) is 46.2. The Morgan fingerprint density at radius 3 is 1.47 bits per heavy atom. The predicted octanol–water partition coefficient (Wildman–Crippen LogP) is 11.2. The quantitative estimate of drug-likeness (QED) is 0.182. The molecule has 1 heterocycles. The Hall–Kier alpha value is -5.40. The topological polar surface area (TPSA) is 62.5 Å². The van der Waals surface area contributed by atoms with Crippen LogP contribution in [0, 0.1) is 29.1 Å². The molecule has 5 aromatic carbocycles. The molecule has 2 fully saturated rings. The maximum absolute atomic E-state index is 10.0. The Bertz CT molecular complexity index is 2050. The summed E-state index contributed by atoms with van der Waals surface area (Å²) in [5.74, 6) is 4.22. The molecule has 6 aromatic rings. The van der Waals surface area contributed by atoms with Gasteiger partial charge in [-0.15, -0.1) is 0 Å². The lowest BCUT2D eigenvalue weighted by atomic mass is 9.54. The molecule has 0 amide bonds. The normalized spacial score (nSPS) is 21.5. The maximum Gasteiger partial charge on any atom is 0.164 e. The van der Waals surface area contributed by atoms with E-state index in [1.807, 2.05) is 72.8 Å². The van der Waals surface area contributed by atoms with Crippen molar-refractivity contribution in [3.8, 4) is 62.5 Å². The van der Waals surface area contributed by atoms with Crippen molar-refractivity contribution >= 4 is 0 Å². The lowest BCUT2D eigenvalue weighted by Gasteiger charge is -2.50. The van der Waals surface area contributed by atoms with Gasteiger partial charge in [0.2, 0.25) is 0 Å². The van der Waals surface area contributed by atoms with Gasteiger partial charge in [0.25, 0.3) is 0 Å². The summed E-state index contributed by atoms with van der Waals surface area (Å²) in [6.45, 7) is 4.91. The molecule has 2 aliphatic rings. The summed E-state index contributed by atoms with van der Waals surface area (Å²) < 4.78 is 0.